The number of unbranched alkanes of at least 4 members (excludes halogenated alkanes) is 1. The molecule has 0 N–H and O–H groups in total. The van der Waals surface area contributed by atoms with E-state index in [-0.39, 0.29) is 41.9 Å². The molecule has 0 saturated carbocycles. The second-order valence-electron chi connectivity index (χ2n) is 7.22. The molecule has 0 aliphatic carbocycles. The zero-order chi connectivity index (χ0) is 21.1. The number of amides is 1. The quantitative estimate of drug-likeness (QED) is 0.454. The monoisotopic (exact) mass is 468 g/mol. The average molecular weight is 469 g/mol. The van der Waals surface area contributed by atoms with Crippen LogP contribution < -0.4 is 10.3 Å². The van der Waals surface area contributed by atoms with E-state index >= 15 is 0 Å². The molecule has 2 atom stereocenters. The smallest absolute Gasteiger partial charge is 0.303 e. The van der Waals surface area contributed by atoms with Crippen LogP contribution in [-0.2, 0) is 16.1 Å². The van der Waals surface area contributed by atoms with E-state index in [1.807, 2.05) is 20.8 Å². The lowest BCUT2D eigenvalue weighted by Gasteiger charge is -2.35. The van der Waals surface area contributed by atoms with Crippen molar-refractivity contribution in [2.24, 2.45) is 0 Å². The van der Waals surface area contributed by atoms with Crippen LogP contribution in [0.1, 0.15) is 44.1 Å². The highest BCUT2D eigenvalue weighted by Crippen LogP contribution is 2.19. The molecular formula is C19H25BrN4O5. The highest BCUT2D eigenvalue weighted by molar-refractivity contribution is 9.10. The Hall–Kier alpha value is -2.20. The van der Waals surface area contributed by atoms with Gasteiger partial charge in [-0.3, -0.25) is 14.4 Å². The topological polar surface area (TPSA) is 95.1 Å². The molecule has 0 radical (unpaired) electrons. The Morgan fingerprint density at radius 1 is 1.38 bits per heavy atom. The van der Waals surface area contributed by atoms with E-state index in [0.29, 0.717) is 30.6 Å². The zero-order valence-electron chi connectivity index (χ0n) is 16.8. The second-order valence-corrected chi connectivity index (χ2v) is 8.03. The van der Waals surface area contributed by atoms with E-state index < -0.39 is 5.56 Å². The van der Waals surface area contributed by atoms with Crippen LogP contribution in [0.3, 0.4) is 0 Å². The maximum Gasteiger partial charge on any atom is 0.303 e. The predicted octanol–water partition coefficient (Wildman–Crippen LogP) is 1.89. The normalized spacial score (nSPS) is 19.5. The summed E-state index contributed by atoms with van der Waals surface area (Å²) in [6.07, 6.45) is 3.68. The number of aromatic nitrogens is 3. The lowest BCUT2D eigenvalue weighted by molar-refractivity contribution is -0.143. The van der Waals surface area contributed by atoms with Crippen molar-refractivity contribution >= 4 is 33.9 Å². The molecule has 0 bridgehead atoms. The highest BCUT2D eigenvalue weighted by atomic mass is 79.9. The number of morpholine rings is 1. The Morgan fingerprint density at radius 3 is 2.69 bits per heavy atom. The van der Waals surface area contributed by atoms with E-state index in [2.05, 4.69) is 20.9 Å². The minimum Gasteiger partial charge on any atom is -0.486 e. The van der Waals surface area contributed by atoms with Gasteiger partial charge in [-0.2, -0.15) is 0 Å². The lowest BCUT2D eigenvalue weighted by Crippen LogP contribution is -2.49. The Kier molecular flexibility index (Phi) is 6.74. The average Bonchev–Trinajstić information content (AvgIpc) is 2.98. The van der Waals surface area contributed by atoms with Gasteiger partial charge in [0.25, 0.3) is 0 Å². The minimum atomic E-state index is -0.486. The van der Waals surface area contributed by atoms with E-state index in [4.69, 9.17) is 9.47 Å². The molecule has 10 heteroatoms. The summed E-state index contributed by atoms with van der Waals surface area (Å²) in [4.78, 5) is 43.3. The van der Waals surface area contributed by atoms with Gasteiger partial charge < -0.3 is 18.9 Å². The summed E-state index contributed by atoms with van der Waals surface area (Å²) in [5.74, 6) is 0.0169. The standard InChI is InChI=1S/C19H25BrN4O5/c1-4-5-6-28-17-14(11-25)21-19-23(9-15(20)24(19)18(17)27)10-16(26)22-7-12(2)29-13(3)8-22/h9,11-13H,4-8,10H2,1-3H3/t12-,13-/m0/s1. The number of fused-ring (bicyclic) bond motifs is 1. The number of imidazole rings is 1. The summed E-state index contributed by atoms with van der Waals surface area (Å²) in [7, 11) is 0. The molecule has 1 aliphatic rings. The number of nitrogens with zero attached hydrogens (tertiary/aromatic N) is 4. The summed E-state index contributed by atoms with van der Waals surface area (Å²) >= 11 is 3.35. The molecule has 2 aromatic heterocycles. The van der Waals surface area contributed by atoms with Crippen molar-refractivity contribution in [2.75, 3.05) is 19.7 Å². The summed E-state index contributed by atoms with van der Waals surface area (Å²) in [5, 5.41) is 0. The SMILES string of the molecule is CCCCOc1c(C=O)nc2n(CC(=O)N3C[C@H](C)O[C@@H](C)C3)cc(Br)n2c1=O. The van der Waals surface area contributed by atoms with Gasteiger partial charge in [-0.15, -0.1) is 0 Å². The van der Waals surface area contributed by atoms with Gasteiger partial charge in [-0.1, -0.05) is 13.3 Å². The number of carbonyl (C=O) groups excluding carboxylic acids is 2. The fourth-order valence-electron chi connectivity index (χ4n) is 3.42. The number of rotatable bonds is 7. The number of ether oxygens (including phenoxy) is 2. The van der Waals surface area contributed by atoms with Gasteiger partial charge in [-0.25, -0.2) is 9.38 Å². The highest BCUT2D eigenvalue weighted by Gasteiger charge is 2.27. The lowest BCUT2D eigenvalue weighted by atomic mass is 10.2. The first kappa shape index (κ1) is 21.5. The Morgan fingerprint density at radius 2 is 2.07 bits per heavy atom. The number of hydrogen-bond donors (Lipinski definition) is 0. The third-order valence-corrected chi connectivity index (χ3v) is 5.28. The molecule has 158 valence electrons. The molecule has 3 rings (SSSR count). The Bertz CT molecular complexity index is 960. The fraction of sp³-hybridized carbons (Fsp3) is 0.579. The van der Waals surface area contributed by atoms with Gasteiger partial charge in [0.05, 0.1) is 18.8 Å². The molecule has 0 unspecified atom stereocenters. The third kappa shape index (κ3) is 4.53. The van der Waals surface area contributed by atoms with E-state index in [1.165, 1.54) is 4.40 Å². The first-order chi connectivity index (χ1) is 13.8. The van der Waals surface area contributed by atoms with Crippen molar-refractivity contribution in [3.05, 3.63) is 26.8 Å². The number of aldehydes is 1. The van der Waals surface area contributed by atoms with Crippen molar-refractivity contribution in [3.8, 4) is 5.75 Å². The molecular weight excluding hydrogens is 444 g/mol. The minimum absolute atomic E-state index is 0.00465. The predicted molar refractivity (Wildman–Crippen MR) is 110 cm³/mol. The van der Waals surface area contributed by atoms with Crippen LogP contribution in [0.25, 0.3) is 5.78 Å². The van der Waals surface area contributed by atoms with Crippen molar-refractivity contribution in [1.82, 2.24) is 18.9 Å². The summed E-state index contributed by atoms with van der Waals surface area (Å²) in [6.45, 7) is 7.18. The first-order valence-corrected chi connectivity index (χ1v) is 10.5. The van der Waals surface area contributed by atoms with Crippen molar-refractivity contribution in [1.29, 1.82) is 0 Å². The van der Waals surface area contributed by atoms with Crippen LogP contribution in [0.15, 0.2) is 15.6 Å². The van der Waals surface area contributed by atoms with E-state index in [0.717, 1.165) is 12.8 Å². The maximum atomic E-state index is 12.9. The van der Waals surface area contributed by atoms with Gasteiger partial charge in [-0.05, 0) is 36.2 Å². The van der Waals surface area contributed by atoms with Crippen LogP contribution in [0, 0.1) is 0 Å². The molecule has 1 aliphatic heterocycles. The van der Waals surface area contributed by atoms with Crippen molar-refractivity contribution in [2.45, 2.75) is 52.4 Å². The first-order valence-electron chi connectivity index (χ1n) is 9.68. The Labute approximate surface area is 176 Å². The second kappa shape index (κ2) is 9.08. The van der Waals surface area contributed by atoms with Crippen molar-refractivity contribution in [3.63, 3.8) is 0 Å². The molecule has 0 spiro atoms. The van der Waals surface area contributed by atoms with Gasteiger partial charge in [0.1, 0.15) is 11.1 Å². The zero-order valence-corrected chi connectivity index (χ0v) is 18.3. The van der Waals surface area contributed by atoms with Gasteiger partial charge in [0.2, 0.25) is 17.4 Å². The molecule has 29 heavy (non-hydrogen) atoms. The van der Waals surface area contributed by atoms with E-state index in [1.54, 1.807) is 15.7 Å². The van der Waals surface area contributed by atoms with Gasteiger partial charge >= 0.3 is 5.56 Å². The maximum absolute atomic E-state index is 12.9. The molecule has 1 fully saturated rings. The summed E-state index contributed by atoms with van der Waals surface area (Å²) in [5.41, 5.74) is -0.557. The third-order valence-electron chi connectivity index (χ3n) is 4.72. The van der Waals surface area contributed by atoms with Crippen LogP contribution in [0.4, 0.5) is 0 Å². The number of carbonyl (C=O) groups is 2. The molecule has 0 aromatic carbocycles. The van der Waals surface area contributed by atoms with Gasteiger partial charge in [0.15, 0.2) is 12.0 Å². The number of halogens is 1. The van der Waals surface area contributed by atoms with Crippen LogP contribution >= 0.6 is 15.9 Å². The molecule has 9 nitrogen and oxygen atoms in total. The van der Waals surface area contributed by atoms with Crippen molar-refractivity contribution < 1.29 is 19.1 Å². The molecule has 1 amide bonds. The summed E-state index contributed by atoms with van der Waals surface area (Å²) in [6, 6.07) is 0. The Balaban J connectivity index is 1.93. The van der Waals surface area contributed by atoms with Crippen LogP contribution in [0.5, 0.6) is 5.75 Å². The van der Waals surface area contributed by atoms with Crippen LogP contribution in [0.2, 0.25) is 0 Å². The largest absolute Gasteiger partial charge is 0.486 e. The number of hydrogen-bond acceptors (Lipinski definition) is 6. The molecule has 2 aromatic rings. The summed E-state index contributed by atoms with van der Waals surface area (Å²) < 4.78 is 14.5. The van der Waals surface area contributed by atoms with E-state index in [9.17, 15) is 14.4 Å². The van der Waals surface area contributed by atoms with Crippen LogP contribution in [-0.4, -0.2) is 62.9 Å². The fourth-order valence-corrected chi connectivity index (χ4v) is 3.98. The molecule has 3 heterocycles. The van der Waals surface area contributed by atoms with Gasteiger partial charge in [0, 0.05) is 19.3 Å². The molecule has 1 saturated heterocycles.